The Morgan fingerprint density at radius 2 is 1.71 bits per heavy atom. The first kappa shape index (κ1) is 11.5. The Hall–Kier alpha value is -0.630. The fourth-order valence-electron chi connectivity index (χ4n) is 1.81. The maximum absolute atomic E-state index is 12.3. The summed E-state index contributed by atoms with van der Waals surface area (Å²) in [5, 5.41) is 1.28. The molecule has 0 aliphatic carbocycles. The number of para-hydroxylation sites is 1. The number of fused-ring (bicyclic) bond motifs is 2. The van der Waals surface area contributed by atoms with Crippen molar-refractivity contribution in [2.75, 3.05) is 0 Å². The SMILES string of the molecule is O=c1c2ccccc2oc2c(I)c(I)ccc12. The highest BCUT2D eigenvalue weighted by molar-refractivity contribution is 14.1. The lowest BCUT2D eigenvalue weighted by Crippen LogP contribution is -2.03. The topological polar surface area (TPSA) is 30.2 Å². The van der Waals surface area contributed by atoms with Crippen LogP contribution in [0.1, 0.15) is 0 Å². The van der Waals surface area contributed by atoms with Gasteiger partial charge in [0.05, 0.1) is 14.3 Å². The summed E-state index contributed by atoms with van der Waals surface area (Å²) in [5.74, 6) is 0. The van der Waals surface area contributed by atoms with E-state index in [0.29, 0.717) is 21.9 Å². The van der Waals surface area contributed by atoms with E-state index < -0.39 is 0 Å². The second-order valence-corrected chi connectivity index (χ2v) is 5.91. The Balaban J connectivity index is 2.64. The van der Waals surface area contributed by atoms with Gasteiger partial charge in [-0.25, -0.2) is 0 Å². The highest BCUT2D eigenvalue weighted by atomic mass is 127. The molecule has 0 aliphatic rings. The van der Waals surface area contributed by atoms with Crippen LogP contribution in [-0.4, -0.2) is 0 Å². The number of benzene rings is 2. The molecule has 4 heteroatoms. The van der Waals surface area contributed by atoms with Crippen LogP contribution in [-0.2, 0) is 0 Å². The molecule has 1 heterocycles. The summed E-state index contributed by atoms with van der Waals surface area (Å²) in [6.07, 6.45) is 0. The van der Waals surface area contributed by atoms with Crippen molar-refractivity contribution >= 4 is 67.1 Å². The summed E-state index contributed by atoms with van der Waals surface area (Å²) >= 11 is 4.45. The summed E-state index contributed by atoms with van der Waals surface area (Å²) in [5.41, 5.74) is 1.36. The quantitative estimate of drug-likeness (QED) is 0.382. The fraction of sp³-hybridized carbons (Fsp3) is 0. The van der Waals surface area contributed by atoms with E-state index in [2.05, 4.69) is 45.2 Å². The molecule has 0 amide bonds. The molecular weight excluding hydrogens is 442 g/mol. The fourth-order valence-corrected chi connectivity index (χ4v) is 2.81. The number of halogens is 2. The summed E-state index contributed by atoms with van der Waals surface area (Å²) in [6, 6.07) is 11.1. The van der Waals surface area contributed by atoms with E-state index in [1.807, 2.05) is 30.3 Å². The molecule has 2 nitrogen and oxygen atoms in total. The van der Waals surface area contributed by atoms with Gasteiger partial charge in [-0.3, -0.25) is 4.79 Å². The van der Waals surface area contributed by atoms with Gasteiger partial charge in [0, 0.05) is 3.57 Å². The third-order valence-electron chi connectivity index (χ3n) is 2.64. The molecule has 0 bridgehead atoms. The van der Waals surface area contributed by atoms with Crippen LogP contribution < -0.4 is 5.43 Å². The zero-order valence-electron chi connectivity index (χ0n) is 8.54. The Labute approximate surface area is 124 Å². The van der Waals surface area contributed by atoms with Crippen molar-refractivity contribution in [2.24, 2.45) is 0 Å². The molecule has 1 aromatic heterocycles. The number of rotatable bonds is 0. The third kappa shape index (κ3) is 1.77. The molecule has 17 heavy (non-hydrogen) atoms. The molecule has 0 spiro atoms. The first-order valence-electron chi connectivity index (χ1n) is 4.98. The Kier molecular flexibility index (Phi) is 2.86. The van der Waals surface area contributed by atoms with Crippen molar-refractivity contribution in [3.8, 4) is 0 Å². The van der Waals surface area contributed by atoms with E-state index >= 15 is 0 Å². The predicted octanol–water partition coefficient (Wildman–Crippen LogP) is 4.16. The molecule has 0 saturated heterocycles. The minimum absolute atomic E-state index is 0.0381. The van der Waals surface area contributed by atoms with Crippen LogP contribution in [0.5, 0.6) is 0 Å². The molecule has 0 aliphatic heterocycles. The first-order chi connectivity index (χ1) is 8.18. The Morgan fingerprint density at radius 3 is 2.53 bits per heavy atom. The van der Waals surface area contributed by atoms with Gasteiger partial charge in [-0.15, -0.1) is 0 Å². The van der Waals surface area contributed by atoms with Gasteiger partial charge in [-0.2, -0.15) is 0 Å². The maximum atomic E-state index is 12.3. The van der Waals surface area contributed by atoms with Crippen LogP contribution in [0.15, 0.2) is 45.6 Å². The smallest absolute Gasteiger partial charge is 0.200 e. The maximum Gasteiger partial charge on any atom is 0.200 e. The highest BCUT2D eigenvalue weighted by Gasteiger charge is 2.11. The van der Waals surface area contributed by atoms with Crippen LogP contribution in [0.25, 0.3) is 21.9 Å². The van der Waals surface area contributed by atoms with Gasteiger partial charge < -0.3 is 4.42 Å². The highest BCUT2D eigenvalue weighted by Crippen LogP contribution is 2.26. The molecule has 0 saturated carbocycles. The average molecular weight is 448 g/mol. The molecule has 0 fully saturated rings. The van der Waals surface area contributed by atoms with E-state index in [9.17, 15) is 4.79 Å². The molecule has 0 N–H and O–H groups in total. The average Bonchev–Trinajstić information content (AvgIpc) is 2.35. The van der Waals surface area contributed by atoms with Crippen molar-refractivity contribution in [1.82, 2.24) is 0 Å². The largest absolute Gasteiger partial charge is 0.455 e. The zero-order valence-corrected chi connectivity index (χ0v) is 12.9. The van der Waals surface area contributed by atoms with Gasteiger partial charge in [0.1, 0.15) is 5.58 Å². The lowest BCUT2D eigenvalue weighted by atomic mass is 10.1. The van der Waals surface area contributed by atoms with Crippen LogP contribution in [0, 0.1) is 7.14 Å². The number of hydrogen-bond acceptors (Lipinski definition) is 2. The second kappa shape index (κ2) is 4.24. The molecule has 3 aromatic rings. The summed E-state index contributed by atoms with van der Waals surface area (Å²) in [7, 11) is 0. The van der Waals surface area contributed by atoms with Crippen LogP contribution in [0.3, 0.4) is 0 Å². The minimum atomic E-state index is 0.0381. The van der Waals surface area contributed by atoms with Crippen LogP contribution in [0.2, 0.25) is 0 Å². The Morgan fingerprint density at radius 1 is 0.941 bits per heavy atom. The molecule has 3 rings (SSSR count). The normalized spacial score (nSPS) is 11.2. The standard InChI is InChI=1S/C13H6I2O2/c14-9-6-5-8-12(16)7-3-1-2-4-10(7)17-13(8)11(9)15/h1-6H. The summed E-state index contributed by atoms with van der Waals surface area (Å²) in [6.45, 7) is 0. The van der Waals surface area contributed by atoms with E-state index in [0.717, 1.165) is 7.14 Å². The molecule has 2 aromatic carbocycles. The van der Waals surface area contributed by atoms with Crippen molar-refractivity contribution in [1.29, 1.82) is 0 Å². The monoisotopic (exact) mass is 448 g/mol. The molecule has 84 valence electrons. The van der Waals surface area contributed by atoms with E-state index in [-0.39, 0.29) is 5.43 Å². The van der Waals surface area contributed by atoms with Gasteiger partial charge in [-0.05, 0) is 69.4 Å². The van der Waals surface area contributed by atoms with Gasteiger partial charge in [0.2, 0.25) is 5.43 Å². The van der Waals surface area contributed by atoms with Gasteiger partial charge in [0.15, 0.2) is 5.58 Å². The predicted molar refractivity (Wildman–Crippen MR) is 85.4 cm³/mol. The summed E-state index contributed by atoms with van der Waals surface area (Å²) in [4.78, 5) is 12.3. The zero-order chi connectivity index (χ0) is 12.0. The van der Waals surface area contributed by atoms with Crippen molar-refractivity contribution in [2.45, 2.75) is 0 Å². The van der Waals surface area contributed by atoms with Crippen LogP contribution in [0.4, 0.5) is 0 Å². The molecule has 0 unspecified atom stereocenters. The van der Waals surface area contributed by atoms with Crippen molar-refractivity contribution < 1.29 is 4.42 Å². The molecule has 0 radical (unpaired) electrons. The van der Waals surface area contributed by atoms with Gasteiger partial charge >= 0.3 is 0 Å². The van der Waals surface area contributed by atoms with E-state index in [1.165, 1.54) is 0 Å². The number of hydrogen-bond donors (Lipinski definition) is 0. The van der Waals surface area contributed by atoms with Crippen molar-refractivity contribution in [3.63, 3.8) is 0 Å². The van der Waals surface area contributed by atoms with E-state index in [4.69, 9.17) is 4.42 Å². The van der Waals surface area contributed by atoms with Crippen LogP contribution >= 0.6 is 45.2 Å². The minimum Gasteiger partial charge on any atom is -0.455 e. The third-order valence-corrected chi connectivity index (χ3v) is 5.64. The van der Waals surface area contributed by atoms with Gasteiger partial charge in [0.25, 0.3) is 0 Å². The summed E-state index contributed by atoms with van der Waals surface area (Å²) < 4.78 is 7.91. The first-order valence-corrected chi connectivity index (χ1v) is 7.14. The van der Waals surface area contributed by atoms with Crippen molar-refractivity contribution in [3.05, 3.63) is 53.8 Å². The second-order valence-electron chi connectivity index (χ2n) is 3.67. The Bertz CT molecular complexity index is 790. The molecule has 0 atom stereocenters. The van der Waals surface area contributed by atoms with Gasteiger partial charge in [-0.1, -0.05) is 12.1 Å². The van der Waals surface area contributed by atoms with E-state index in [1.54, 1.807) is 6.07 Å². The lowest BCUT2D eigenvalue weighted by Gasteiger charge is -2.04. The lowest BCUT2D eigenvalue weighted by molar-refractivity contribution is 0.657. The molecular formula is C13H6I2O2.